The Morgan fingerprint density at radius 3 is 2.71 bits per heavy atom. The lowest BCUT2D eigenvalue weighted by Gasteiger charge is -2.12. The molecular formula is C21H18FNO4S. The predicted molar refractivity (Wildman–Crippen MR) is 104 cm³/mol. The number of halogens is 1. The van der Waals surface area contributed by atoms with Gasteiger partial charge >= 0.3 is 5.97 Å². The summed E-state index contributed by atoms with van der Waals surface area (Å²) in [5.74, 6) is -1.45. The van der Waals surface area contributed by atoms with Gasteiger partial charge in [-0.2, -0.15) is 0 Å². The number of sulfone groups is 1. The summed E-state index contributed by atoms with van der Waals surface area (Å²) >= 11 is 0. The minimum absolute atomic E-state index is 0.00527. The van der Waals surface area contributed by atoms with Gasteiger partial charge in [-0.15, -0.1) is 0 Å². The van der Waals surface area contributed by atoms with Gasteiger partial charge in [-0.1, -0.05) is 24.3 Å². The normalized spacial score (nSPS) is 15.7. The lowest BCUT2D eigenvalue weighted by molar-refractivity contribution is -0.137. The molecule has 0 bridgehead atoms. The lowest BCUT2D eigenvalue weighted by atomic mass is 9.94. The third kappa shape index (κ3) is 2.92. The van der Waals surface area contributed by atoms with E-state index in [1.807, 2.05) is 6.08 Å². The number of carboxylic acids is 1. The summed E-state index contributed by atoms with van der Waals surface area (Å²) < 4.78 is 41.0. The number of carboxylic acid groups (broad SMARTS) is 1. The first-order valence-electron chi connectivity index (χ1n) is 8.82. The first-order valence-corrected chi connectivity index (χ1v) is 10.5. The van der Waals surface area contributed by atoms with Gasteiger partial charge in [0.15, 0.2) is 9.84 Å². The monoisotopic (exact) mass is 399 g/mol. The second-order valence-corrected chi connectivity index (χ2v) is 8.90. The van der Waals surface area contributed by atoms with Crippen LogP contribution < -0.4 is 0 Å². The minimum atomic E-state index is -3.43. The second kappa shape index (κ2) is 6.60. The molecule has 2 aromatic carbocycles. The van der Waals surface area contributed by atoms with Crippen molar-refractivity contribution in [2.24, 2.45) is 0 Å². The topological polar surface area (TPSA) is 76.4 Å². The van der Waals surface area contributed by atoms with Crippen LogP contribution in [-0.4, -0.2) is 29.8 Å². The zero-order valence-electron chi connectivity index (χ0n) is 15.1. The summed E-state index contributed by atoms with van der Waals surface area (Å²) in [5, 5.41) is 9.88. The fourth-order valence-electron chi connectivity index (χ4n) is 3.91. The van der Waals surface area contributed by atoms with E-state index in [1.165, 1.54) is 12.1 Å². The van der Waals surface area contributed by atoms with Crippen molar-refractivity contribution in [3.63, 3.8) is 0 Å². The third-order valence-corrected chi connectivity index (χ3v) is 6.89. The van der Waals surface area contributed by atoms with Crippen LogP contribution in [0.4, 0.5) is 4.39 Å². The molecular weight excluding hydrogens is 381 g/mol. The van der Waals surface area contributed by atoms with E-state index >= 15 is 0 Å². The summed E-state index contributed by atoms with van der Waals surface area (Å²) in [6.07, 6.45) is 2.17. The molecule has 0 atom stereocenters. The molecule has 1 aromatic heterocycles. The Hall–Kier alpha value is -2.93. The van der Waals surface area contributed by atoms with E-state index in [-0.39, 0.29) is 17.2 Å². The maximum atomic E-state index is 14.0. The highest BCUT2D eigenvalue weighted by molar-refractivity contribution is 7.91. The van der Waals surface area contributed by atoms with Crippen LogP contribution in [0.3, 0.4) is 0 Å². The highest BCUT2D eigenvalue weighted by Crippen LogP contribution is 2.39. The number of hydrogen-bond acceptors (Lipinski definition) is 3. The molecule has 4 rings (SSSR count). The Bertz CT molecular complexity index is 1250. The van der Waals surface area contributed by atoms with Crippen molar-refractivity contribution in [3.8, 4) is 0 Å². The van der Waals surface area contributed by atoms with Crippen LogP contribution in [0, 0.1) is 12.7 Å². The molecule has 0 unspecified atom stereocenters. The molecule has 0 amide bonds. The summed E-state index contributed by atoms with van der Waals surface area (Å²) in [5.41, 5.74) is 3.17. The molecule has 7 heteroatoms. The Kier molecular flexibility index (Phi) is 4.34. The Labute approximate surface area is 161 Å². The van der Waals surface area contributed by atoms with Gasteiger partial charge in [0.1, 0.15) is 12.4 Å². The zero-order chi connectivity index (χ0) is 20.1. The van der Waals surface area contributed by atoms with E-state index in [4.69, 9.17) is 0 Å². The van der Waals surface area contributed by atoms with Crippen molar-refractivity contribution in [2.75, 3.05) is 5.75 Å². The number of allylic oxidation sites excluding steroid dienone is 1. The number of hydrogen-bond donors (Lipinski definition) is 1. The fourth-order valence-corrected chi connectivity index (χ4v) is 5.36. The summed E-state index contributed by atoms with van der Waals surface area (Å²) in [6, 6.07) is 11.0. The molecule has 28 heavy (non-hydrogen) atoms. The van der Waals surface area contributed by atoms with Gasteiger partial charge in [-0.25, -0.2) is 12.8 Å². The van der Waals surface area contributed by atoms with Crippen LogP contribution in [0.5, 0.6) is 0 Å². The molecule has 0 aliphatic carbocycles. The quantitative estimate of drug-likeness (QED) is 0.727. The molecule has 0 spiro atoms. The van der Waals surface area contributed by atoms with E-state index in [0.29, 0.717) is 39.7 Å². The summed E-state index contributed by atoms with van der Waals surface area (Å²) in [6.45, 7) is 1.51. The number of rotatable bonds is 3. The van der Waals surface area contributed by atoms with E-state index in [9.17, 15) is 22.7 Å². The highest BCUT2D eigenvalue weighted by Gasteiger charge is 2.27. The molecule has 1 aliphatic heterocycles. The average Bonchev–Trinajstić information content (AvgIpc) is 2.81. The van der Waals surface area contributed by atoms with Crippen LogP contribution in [0.25, 0.3) is 16.5 Å². The minimum Gasteiger partial charge on any atom is -0.480 e. The SMILES string of the molecule is Cc1c(C2=CCCS(=O)(=O)c3ccccc32)c2cc(F)ccc2n1CC(=O)O. The Morgan fingerprint density at radius 2 is 1.96 bits per heavy atom. The van der Waals surface area contributed by atoms with Crippen molar-refractivity contribution in [2.45, 2.75) is 24.8 Å². The van der Waals surface area contributed by atoms with Crippen LogP contribution >= 0.6 is 0 Å². The average molecular weight is 399 g/mol. The van der Waals surface area contributed by atoms with E-state index in [1.54, 1.807) is 41.8 Å². The molecule has 0 saturated heterocycles. The molecule has 0 saturated carbocycles. The van der Waals surface area contributed by atoms with Crippen LogP contribution in [0.2, 0.25) is 0 Å². The second-order valence-electron chi connectivity index (χ2n) is 6.82. The molecule has 3 aromatic rings. The number of aliphatic carboxylic acids is 1. The molecule has 2 heterocycles. The molecule has 0 fully saturated rings. The molecule has 1 N–H and O–H groups in total. The van der Waals surface area contributed by atoms with Crippen LogP contribution in [0.15, 0.2) is 53.4 Å². The Balaban J connectivity index is 2.07. The van der Waals surface area contributed by atoms with Crippen molar-refractivity contribution in [1.82, 2.24) is 4.57 Å². The van der Waals surface area contributed by atoms with Gasteiger partial charge < -0.3 is 9.67 Å². The molecule has 0 radical (unpaired) electrons. The Morgan fingerprint density at radius 1 is 1.21 bits per heavy atom. The number of aromatic nitrogens is 1. The summed E-state index contributed by atoms with van der Waals surface area (Å²) in [7, 11) is -3.43. The van der Waals surface area contributed by atoms with Crippen LogP contribution in [-0.2, 0) is 21.2 Å². The van der Waals surface area contributed by atoms with Crippen molar-refractivity contribution in [3.05, 3.63) is 71.2 Å². The maximum absolute atomic E-state index is 14.0. The largest absolute Gasteiger partial charge is 0.480 e. The number of nitrogens with zero attached hydrogens (tertiary/aromatic N) is 1. The van der Waals surface area contributed by atoms with E-state index in [0.717, 1.165) is 0 Å². The number of benzene rings is 2. The van der Waals surface area contributed by atoms with E-state index in [2.05, 4.69) is 0 Å². The first kappa shape index (κ1) is 18.4. The standard InChI is InChI=1S/C21H18FNO4S/c1-13-21(17-11-14(22)8-9-18(17)23(13)12-20(24)25)16-6-4-10-28(26,27)19-7-3-2-5-15(16)19/h2-3,5-9,11H,4,10,12H2,1H3,(H,24,25). The van der Waals surface area contributed by atoms with Gasteiger partial charge in [0.05, 0.1) is 10.6 Å². The van der Waals surface area contributed by atoms with Gasteiger partial charge in [0.2, 0.25) is 0 Å². The lowest BCUT2D eigenvalue weighted by Crippen LogP contribution is -2.10. The highest BCUT2D eigenvalue weighted by atomic mass is 32.2. The first-order chi connectivity index (χ1) is 13.3. The van der Waals surface area contributed by atoms with Crippen molar-refractivity contribution < 1.29 is 22.7 Å². The van der Waals surface area contributed by atoms with E-state index < -0.39 is 21.6 Å². The van der Waals surface area contributed by atoms with Crippen molar-refractivity contribution in [1.29, 1.82) is 0 Å². The number of carbonyl (C=O) groups is 1. The predicted octanol–water partition coefficient (Wildman–Crippen LogP) is 3.78. The third-order valence-electron chi connectivity index (χ3n) is 5.10. The zero-order valence-corrected chi connectivity index (χ0v) is 16.0. The van der Waals surface area contributed by atoms with Gasteiger partial charge in [0, 0.05) is 27.7 Å². The van der Waals surface area contributed by atoms with Gasteiger partial charge in [0.25, 0.3) is 0 Å². The summed E-state index contributed by atoms with van der Waals surface area (Å²) in [4.78, 5) is 11.6. The van der Waals surface area contributed by atoms with Gasteiger partial charge in [-0.3, -0.25) is 4.79 Å². The van der Waals surface area contributed by atoms with Crippen molar-refractivity contribution >= 4 is 32.3 Å². The fraction of sp³-hybridized carbons (Fsp3) is 0.190. The van der Waals surface area contributed by atoms with Gasteiger partial charge in [-0.05, 0) is 43.2 Å². The van der Waals surface area contributed by atoms with Crippen LogP contribution in [0.1, 0.15) is 23.2 Å². The smallest absolute Gasteiger partial charge is 0.323 e. The number of fused-ring (bicyclic) bond motifs is 2. The molecule has 144 valence electrons. The maximum Gasteiger partial charge on any atom is 0.323 e. The molecule has 5 nitrogen and oxygen atoms in total. The molecule has 1 aliphatic rings.